The molecule has 3 heteroatoms. The summed E-state index contributed by atoms with van der Waals surface area (Å²) in [6.07, 6.45) is 2.72. The monoisotopic (exact) mass is 354 g/mol. The number of rotatable bonds is 5. The van der Waals surface area contributed by atoms with Crippen LogP contribution in [0.1, 0.15) is 45.1 Å². The molecule has 0 aromatic heterocycles. The summed E-state index contributed by atoms with van der Waals surface area (Å²) in [5.41, 5.74) is 1.43. The van der Waals surface area contributed by atoms with Crippen molar-refractivity contribution in [1.29, 1.82) is 0 Å². The minimum Gasteiger partial charge on any atom is -0.416 e. The van der Waals surface area contributed by atoms with Gasteiger partial charge in [-0.05, 0) is 54.6 Å². The van der Waals surface area contributed by atoms with Crippen LogP contribution in [0, 0.1) is 5.92 Å². The van der Waals surface area contributed by atoms with E-state index in [4.69, 9.17) is 4.43 Å². The van der Waals surface area contributed by atoms with E-state index in [1.54, 1.807) is 0 Å². The van der Waals surface area contributed by atoms with Crippen molar-refractivity contribution in [3.63, 3.8) is 0 Å². The van der Waals surface area contributed by atoms with Crippen LogP contribution in [0.4, 0.5) is 0 Å². The molecule has 0 N–H and O–H groups in total. The Balaban J connectivity index is 2.08. The Morgan fingerprint density at radius 3 is 2.45 bits per heavy atom. The molecule has 0 saturated heterocycles. The first kappa shape index (κ1) is 16.3. The second-order valence-electron chi connectivity index (χ2n) is 7.57. The zero-order chi connectivity index (χ0) is 15.0. The summed E-state index contributed by atoms with van der Waals surface area (Å²) in [5, 5.41) is 0.290. The molecule has 1 unspecified atom stereocenters. The van der Waals surface area contributed by atoms with E-state index in [9.17, 15) is 0 Å². The quantitative estimate of drug-likeness (QED) is 0.592. The second-order valence-corrected chi connectivity index (χ2v) is 13.3. The molecule has 1 aliphatic rings. The summed E-state index contributed by atoms with van der Waals surface area (Å²) in [5.74, 6) is 1.40. The van der Waals surface area contributed by atoms with Gasteiger partial charge in [-0.25, -0.2) is 0 Å². The molecular weight excluding hydrogens is 328 g/mol. The van der Waals surface area contributed by atoms with E-state index in [1.807, 2.05) is 0 Å². The summed E-state index contributed by atoms with van der Waals surface area (Å²) in [6.45, 7) is 12.5. The third-order valence-corrected chi connectivity index (χ3v) is 9.89. The zero-order valence-corrected chi connectivity index (χ0v) is 16.0. The van der Waals surface area contributed by atoms with E-state index in [2.05, 4.69) is 74.1 Å². The molecule has 1 atom stereocenters. The Morgan fingerprint density at radius 1 is 1.30 bits per heavy atom. The highest BCUT2D eigenvalue weighted by atomic mass is 79.9. The fourth-order valence-corrected chi connectivity index (χ4v) is 3.70. The molecule has 1 aromatic carbocycles. The second kappa shape index (κ2) is 5.94. The van der Waals surface area contributed by atoms with Crippen LogP contribution in [0.25, 0.3) is 0 Å². The Labute approximate surface area is 133 Å². The summed E-state index contributed by atoms with van der Waals surface area (Å²) in [7, 11) is -1.64. The van der Waals surface area contributed by atoms with Gasteiger partial charge in [0.2, 0.25) is 0 Å². The highest BCUT2D eigenvalue weighted by Gasteiger charge is 2.39. The minimum atomic E-state index is -1.64. The maximum Gasteiger partial charge on any atom is 0.192 e. The topological polar surface area (TPSA) is 9.23 Å². The first-order chi connectivity index (χ1) is 9.21. The van der Waals surface area contributed by atoms with Gasteiger partial charge in [-0.15, -0.1) is 0 Å². The van der Waals surface area contributed by atoms with Gasteiger partial charge in [0.05, 0.1) is 0 Å². The van der Waals surface area contributed by atoms with Crippen molar-refractivity contribution in [2.24, 2.45) is 5.92 Å². The van der Waals surface area contributed by atoms with Gasteiger partial charge in [-0.3, -0.25) is 0 Å². The lowest BCUT2D eigenvalue weighted by Gasteiger charge is -2.37. The van der Waals surface area contributed by atoms with Crippen molar-refractivity contribution in [2.75, 3.05) is 6.61 Å². The van der Waals surface area contributed by atoms with E-state index < -0.39 is 8.32 Å². The van der Waals surface area contributed by atoms with Gasteiger partial charge in [-0.1, -0.05) is 48.8 Å². The first-order valence-corrected chi connectivity index (χ1v) is 11.3. The number of hydrogen-bond acceptors (Lipinski definition) is 1. The number of halogens is 1. The third kappa shape index (κ3) is 3.96. The lowest BCUT2D eigenvalue weighted by Crippen LogP contribution is -2.41. The van der Waals surface area contributed by atoms with Crippen LogP contribution in [-0.2, 0) is 4.43 Å². The molecule has 2 rings (SSSR count). The highest BCUT2D eigenvalue weighted by molar-refractivity contribution is 9.10. The molecule has 0 amide bonds. The highest BCUT2D eigenvalue weighted by Crippen LogP contribution is 2.45. The van der Waals surface area contributed by atoms with Gasteiger partial charge in [0.1, 0.15) is 0 Å². The lowest BCUT2D eigenvalue weighted by atomic mass is 9.95. The van der Waals surface area contributed by atoms with Crippen LogP contribution >= 0.6 is 15.9 Å². The van der Waals surface area contributed by atoms with Crippen molar-refractivity contribution >= 4 is 24.2 Å². The van der Waals surface area contributed by atoms with Gasteiger partial charge in [0.25, 0.3) is 0 Å². The number of hydrogen-bond donors (Lipinski definition) is 0. The van der Waals surface area contributed by atoms with Gasteiger partial charge >= 0.3 is 0 Å². The summed E-state index contributed by atoms with van der Waals surface area (Å²) >= 11 is 3.59. The minimum absolute atomic E-state index is 0.290. The average Bonchev–Trinajstić information content (AvgIpc) is 3.12. The van der Waals surface area contributed by atoms with Crippen LogP contribution in [0.2, 0.25) is 18.1 Å². The van der Waals surface area contributed by atoms with Crippen molar-refractivity contribution in [2.45, 2.75) is 57.7 Å². The molecule has 1 aliphatic carbocycles. The van der Waals surface area contributed by atoms with E-state index in [0.717, 1.165) is 12.5 Å². The summed E-state index contributed by atoms with van der Waals surface area (Å²) < 4.78 is 7.65. The maximum atomic E-state index is 6.48. The van der Waals surface area contributed by atoms with Crippen LogP contribution in [0.3, 0.4) is 0 Å². The molecule has 0 bridgehead atoms. The van der Waals surface area contributed by atoms with Gasteiger partial charge < -0.3 is 4.43 Å². The predicted molar refractivity (Wildman–Crippen MR) is 92.8 cm³/mol. The van der Waals surface area contributed by atoms with Crippen molar-refractivity contribution in [1.82, 2.24) is 0 Å². The molecule has 1 fully saturated rings. The fraction of sp³-hybridized carbons (Fsp3) is 0.647. The van der Waals surface area contributed by atoms with Gasteiger partial charge in [-0.2, -0.15) is 0 Å². The molecular formula is C17H27BrOSi. The van der Waals surface area contributed by atoms with Crippen LogP contribution in [-0.4, -0.2) is 14.9 Å². The Hall–Kier alpha value is -0.123. The average molecular weight is 355 g/mol. The Bertz CT molecular complexity index is 460. The molecule has 0 radical (unpaired) electrons. The molecule has 1 nitrogen and oxygen atoms in total. The Kier molecular flexibility index (Phi) is 4.82. The molecule has 1 saturated carbocycles. The number of benzene rings is 1. The SMILES string of the molecule is CC(C)(C)[Si](C)(C)OCC(c1cccc(Br)c1)C1CC1. The van der Waals surface area contributed by atoms with E-state index >= 15 is 0 Å². The van der Waals surface area contributed by atoms with Crippen LogP contribution in [0.5, 0.6) is 0 Å². The molecule has 20 heavy (non-hydrogen) atoms. The Morgan fingerprint density at radius 2 is 1.95 bits per heavy atom. The molecule has 0 heterocycles. The molecule has 112 valence electrons. The van der Waals surface area contributed by atoms with E-state index in [1.165, 1.54) is 22.9 Å². The third-order valence-electron chi connectivity index (χ3n) is 4.90. The van der Waals surface area contributed by atoms with Crippen molar-refractivity contribution < 1.29 is 4.43 Å². The van der Waals surface area contributed by atoms with Gasteiger partial charge in [0.15, 0.2) is 8.32 Å². The first-order valence-electron chi connectivity index (χ1n) is 7.60. The van der Waals surface area contributed by atoms with Crippen LogP contribution < -0.4 is 0 Å². The van der Waals surface area contributed by atoms with Gasteiger partial charge in [0, 0.05) is 17.0 Å². The zero-order valence-electron chi connectivity index (χ0n) is 13.4. The summed E-state index contributed by atoms with van der Waals surface area (Å²) in [4.78, 5) is 0. The largest absolute Gasteiger partial charge is 0.416 e. The fourth-order valence-electron chi connectivity index (χ4n) is 2.25. The molecule has 0 aliphatic heterocycles. The maximum absolute atomic E-state index is 6.48. The van der Waals surface area contributed by atoms with Crippen molar-refractivity contribution in [3.05, 3.63) is 34.3 Å². The lowest BCUT2D eigenvalue weighted by molar-refractivity contribution is 0.251. The molecule has 0 spiro atoms. The smallest absolute Gasteiger partial charge is 0.192 e. The van der Waals surface area contributed by atoms with Crippen molar-refractivity contribution in [3.8, 4) is 0 Å². The molecule has 1 aromatic rings. The summed E-state index contributed by atoms with van der Waals surface area (Å²) in [6, 6.07) is 8.75. The van der Waals surface area contributed by atoms with E-state index in [0.29, 0.717) is 11.0 Å². The predicted octanol–water partition coefficient (Wildman–Crippen LogP) is 5.96. The van der Waals surface area contributed by atoms with Crippen LogP contribution in [0.15, 0.2) is 28.7 Å². The standard InChI is InChI=1S/C17H27BrOSi/c1-17(2,3)20(4,5)19-12-16(13-9-10-13)14-7-6-8-15(18)11-14/h6-8,11,13,16H,9-10,12H2,1-5H3. The van der Waals surface area contributed by atoms with E-state index in [-0.39, 0.29) is 0 Å². The normalized spacial score (nSPS) is 18.1.